The Bertz CT molecular complexity index is 265. The molecule has 0 amide bonds. The Morgan fingerprint density at radius 3 is 2.23 bits per heavy atom. The number of ether oxygens (including phenoxy) is 1. The van der Waals surface area contributed by atoms with Gasteiger partial charge in [-0.1, -0.05) is 0 Å². The Kier molecular flexibility index (Phi) is 5.07. The van der Waals surface area contributed by atoms with E-state index in [0.29, 0.717) is 0 Å². The van der Waals surface area contributed by atoms with E-state index in [1.807, 2.05) is 0 Å². The third-order valence-corrected chi connectivity index (χ3v) is 3.51. The number of ketones is 1. The van der Waals surface area contributed by atoms with Crippen LogP contribution in [0.3, 0.4) is 0 Å². The van der Waals surface area contributed by atoms with E-state index in [1.54, 1.807) is 6.92 Å². The second-order valence-electron chi connectivity index (χ2n) is 3.55. The average Bonchev–Trinajstić information content (AvgIpc) is 1.99. The summed E-state index contributed by atoms with van der Waals surface area (Å²) in [4.78, 5) is 28.0. The summed E-state index contributed by atoms with van der Waals surface area (Å²) in [7, 11) is 0. The Hall–Kier alpha value is -0.501. The van der Waals surface area contributed by atoms with Gasteiger partial charge < -0.3 is 0 Å². The van der Waals surface area contributed by atoms with Gasteiger partial charge in [0.05, 0.1) is 0 Å². The van der Waals surface area contributed by atoms with Crippen molar-refractivity contribution < 1.29 is 14.3 Å². The zero-order valence-electron chi connectivity index (χ0n) is 8.43. The van der Waals surface area contributed by atoms with Crippen molar-refractivity contribution in [3.8, 4) is 9.86 Å². The molecule has 13 heavy (non-hydrogen) atoms. The molecular formula is C9H14O3Sn. The molecule has 0 atom stereocenters. The van der Waals surface area contributed by atoms with Gasteiger partial charge in [0.15, 0.2) is 0 Å². The van der Waals surface area contributed by atoms with Gasteiger partial charge in [0.1, 0.15) is 0 Å². The predicted octanol–water partition coefficient (Wildman–Crippen LogP) is 0.999. The standard InChI is InChI=1S/C6H5O3.3CH3.Sn/c1-3-5(7)6(8)9-4-2;;;;/h4H2,2H3;3*1H3;. The molecular weight excluding hydrogens is 275 g/mol. The maximum atomic E-state index is 11.0. The summed E-state index contributed by atoms with van der Waals surface area (Å²) in [6.07, 6.45) is 0. The van der Waals surface area contributed by atoms with Crippen LogP contribution in [0.2, 0.25) is 14.8 Å². The maximum absolute atomic E-state index is 11.0. The number of carbonyl (C=O) groups is 2. The molecule has 0 aliphatic heterocycles. The molecule has 0 N–H and O–H groups in total. The van der Waals surface area contributed by atoms with E-state index in [9.17, 15) is 9.59 Å². The van der Waals surface area contributed by atoms with Crippen molar-refractivity contribution >= 4 is 30.1 Å². The van der Waals surface area contributed by atoms with E-state index < -0.39 is 30.1 Å². The molecule has 72 valence electrons. The van der Waals surface area contributed by atoms with Gasteiger partial charge in [0, 0.05) is 0 Å². The van der Waals surface area contributed by atoms with Crippen molar-refractivity contribution in [2.75, 3.05) is 6.61 Å². The third-order valence-electron chi connectivity index (χ3n) is 1.01. The van der Waals surface area contributed by atoms with Gasteiger partial charge in [-0.3, -0.25) is 0 Å². The van der Waals surface area contributed by atoms with E-state index >= 15 is 0 Å². The monoisotopic (exact) mass is 290 g/mol. The molecule has 0 aromatic carbocycles. The van der Waals surface area contributed by atoms with Crippen LogP contribution in [0.25, 0.3) is 0 Å². The fourth-order valence-electron chi connectivity index (χ4n) is 0.492. The Morgan fingerprint density at radius 1 is 1.31 bits per heavy atom. The fraction of sp³-hybridized carbons (Fsp3) is 0.556. The van der Waals surface area contributed by atoms with Gasteiger partial charge in [-0.15, -0.1) is 0 Å². The number of hydrogen-bond acceptors (Lipinski definition) is 3. The van der Waals surface area contributed by atoms with Crippen molar-refractivity contribution in [3.05, 3.63) is 0 Å². The first-order valence-electron chi connectivity index (χ1n) is 4.11. The normalized spacial score (nSPS) is 9.85. The third kappa shape index (κ3) is 6.64. The van der Waals surface area contributed by atoms with Crippen LogP contribution < -0.4 is 0 Å². The molecule has 3 nitrogen and oxygen atoms in total. The molecule has 0 fully saturated rings. The van der Waals surface area contributed by atoms with Crippen molar-refractivity contribution in [2.45, 2.75) is 21.7 Å². The first kappa shape index (κ1) is 12.5. The molecule has 0 aliphatic rings. The van der Waals surface area contributed by atoms with E-state index in [4.69, 9.17) is 0 Å². The quantitative estimate of drug-likeness (QED) is 0.330. The Labute approximate surface area is 82.7 Å². The molecule has 0 saturated heterocycles. The second-order valence-corrected chi connectivity index (χ2v) is 17.1. The summed E-state index contributed by atoms with van der Waals surface area (Å²) in [5.74, 6) is 0.767. The van der Waals surface area contributed by atoms with Gasteiger partial charge in [0.2, 0.25) is 0 Å². The molecule has 0 radical (unpaired) electrons. The molecule has 0 aliphatic carbocycles. The van der Waals surface area contributed by atoms with Crippen molar-refractivity contribution in [1.82, 2.24) is 0 Å². The van der Waals surface area contributed by atoms with Crippen LogP contribution in [0.4, 0.5) is 0 Å². The zero-order valence-corrected chi connectivity index (χ0v) is 11.3. The van der Waals surface area contributed by atoms with Crippen LogP contribution >= 0.6 is 0 Å². The predicted molar refractivity (Wildman–Crippen MR) is 52.8 cm³/mol. The molecule has 0 aromatic heterocycles. The zero-order chi connectivity index (χ0) is 10.5. The number of hydrogen-bond donors (Lipinski definition) is 0. The number of Topliss-reactive ketones (excluding diaryl/α,β-unsaturated/α-hetero) is 1. The summed E-state index contributed by atoms with van der Waals surface area (Å²) in [5.41, 5.74) is 0. The molecule has 0 aromatic rings. The minimum absolute atomic E-state index is 0.213. The SMILES string of the molecule is CCOC(=O)C(=O)C#[C][Sn]([CH3])([CH3])[CH3]. The van der Waals surface area contributed by atoms with Crippen molar-refractivity contribution in [3.63, 3.8) is 0 Å². The van der Waals surface area contributed by atoms with Crippen LogP contribution in [0.1, 0.15) is 6.92 Å². The number of rotatable bonds is 2. The van der Waals surface area contributed by atoms with Gasteiger partial charge >= 0.3 is 82.7 Å². The summed E-state index contributed by atoms with van der Waals surface area (Å²) < 4.78 is 7.37. The topological polar surface area (TPSA) is 43.4 Å². The Balaban J connectivity index is 4.28. The summed E-state index contributed by atoms with van der Waals surface area (Å²) in [6, 6.07) is 0. The first-order valence-corrected chi connectivity index (χ1v) is 14.1. The van der Waals surface area contributed by atoms with Gasteiger partial charge in [-0.05, 0) is 0 Å². The van der Waals surface area contributed by atoms with Gasteiger partial charge in [0.25, 0.3) is 0 Å². The second kappa shape index (κ2) is 5.28. The minimum atomic E-state index is -2.25. The van der Waals surface area contributed by atoms with Crippen molar-refractivity contribution in [2.24, 2.45) is 0 Å². The van der Waals surface area contributed by atoms with Crippen LogP contribution in [0.5, 0.6) is 0 Å². The summed E-state index contributed by atoms with van der Waals surface area (Å²) in [6.45, 7) is 1.87. The Morgan fingerprint density at radius 2 is 1.85 bits per heavy atom. The molecule has 0 bridgehead atoms. The molecule has 0 rings (SSSR count). The van der Waals surface area contributed by atoms with E-state index in [1.165, 1.54) is 0 Å². The van der Waals surface area contributed by atoms with Crippen molar-refractivity contribution in [1.29, 1.82) is 0 Å². The van der Waals surface area contributed by atoms with E-state index in [-0.39, 0.29) is 6.61 Å². The van der Waals surface area contributed by atoms with Crippen LogP contribution in [-0.4, -0.2) is 36.7 Å². The fourth-order valence-corrected chi connectivity index (χ4v) is 1.89. The summed E-state index contributed by atoms with van der Waals surface area (Å²) in [5, 5.41) is 0. The van der Waals surface area contributed by atoms with Crippen LogP contribution in [-0.2, 0) is 14.3 Å². The van der Waals surface area contributed by atoms with Gasteiger partial charge in [-0.2, -0.15) is 0 Å². The van der Waals surface area contributed by atoms with Crippen LogP contribution in [0, 0.1) is 9.86 Å². The van der Waals surface area contributed by atoms with Gasteiger partial charge in [-0.25, -0.2) is 0 Å². The van der Waals surface area contributed by atoms with E-state index in [0.717, 1.165) is 0 Å². The number of esters is 1. The first-order chi connectivity index (χ1) is 5.87. The average molecular weight is 289 g/mol. The molecule has 0 saturated carbocycles. The molecule has 0 unspecified atom stereocenters. The summed E-state index contributed by atoms with van der Waals surface area (Å²) >= 11 is -2.25. The number of carbonyl (C=O) groups excluding carboxylic acids is 2. The van der Waals surface area contributed by atoms with E-state index in [2.05, 4.69) is 29.4 Å². The molecule has 0 spiro atoms. The molecule has 4 heteroatoms. The molecule has 0 heterocycles. The van der Waals surface area contributed by atoms with Crippen LogP contribution in [0.15, 0.2) is 0 Å².